The quantitative estimate of drug-likeness (QED) is 0.461. The molecule has 1 N–H and O–H groups in total. The molecule has 1 heterocycles. The molecule has 2 aliphatic rings. The molecule has 5 nitrogen and oxygen atoms in total. The van der Waals surface area contributed by atoms with E-state index in [-0.39, 0.29) is 24.3 Å². The lowest BCUT2D eigenvalue weighted by atomic mass is 9.72. The van der Waals surface area contributed by atoms with Crippen molar-refractivity contribution >= 4 is 23.5 Å². The summed E-state index contributed by atoms with van der Waals surface area (Å²) in [4.78, 5) is 27.7. The third-order valence-corrected chi connectivity index (χ3v) is 7.10. The standard InChI is InChI=1S/C27H29NO4S/c1-5-32-27(30)24-16(2)28-22-14-19(17-6-10-20(31-3)11-7-17)15-23(29)26(22)25(24)18-8-12-21(33-4)13-9-18/h6-13,19,25,28H,5,14-15H2,1-4H3. The largest absolute Gasteiger partial charge is 0.497 e. The summed E-state index contributed by atoms with van der Waals surface area (Å²) in [6.07, 6.45) is 3.14. The summed E-state index contributed by atoms with van der Waals surface area (Å²) in [5.41, 5.74) is 4.89. The average Bonchev–Trinajstić information content (AvgIpc) is 2.83. The van der Waals surface area contributed by atoms with Gasteiger partial charge in [0, 0.05) is 34.2 Å². The Hall–Kier alpha value is -2.99. The number of carbonyl (C=O) groups is 2. The number of rotatable bonds is 6. The molecule has 0 aromatic heterocycles. The zero-order chi connectivity index (χ0) is 23.5. The number of dihydropyridines is 1. The first-order valence-electron chi connectivity index (χ1n) is 11.2. The molecule has 0 saturated heterocycles. The lowest BCUT2D eigenvalue weighted by Crippen LogP contribution is -2.36. The van der Waals surface area contributed by atoms with Gasteiger partial charge in [-0.15, -0.1) is 11.8 Å². The highest BCUT2D eigenvalue weighted by Crippen LogP contribution is 2.46. The zero-order valence-corrected chi connectivity index (χ0v) is 20.3. The summed E-state index contributed by atoms with van der Waals surface area (Å²) < 4.78 is 10.7. The van der Waals surface area contributed by atoms with Crippen molar-refractivity contribution in [3.8, 4) is 5.75 Å². The number of hydrogen-bond donors (Lipinski definition) is 1. The van der Waals surface area contributed by atoms with Crippen LogP contribution in [0.2, 0.25) is 0 Å². The van der Waals surface area contributed by atoms with Gasteiger partial charge in [0.2, 0.25) is 0 Å². The third kappa shape index (κ3) is 4.58. The molecule has 0 radical (unpaired) electrons. The minimum Gasteiger partial charge on any atom is -0.497 e. The minimum absolute atomic E-state index is 0.0674. The molecule has 1 aliphatic heterocycles. The van der Waals surface area contributed by atoms with E-state index in [0.29, 0.717) is 24.0 Å². The first kappa shape index (κ1) is 23.2. The molecule has 4 rings (SSSR count). The lowest BCUT2D eigenvalue weighted by Gasteiger charge is -2.36. The summed E-state index contributed by atoms with van der Waals surface area (Å²) in [6, 6.07) is 16.0. The van der Waals surface area contributed by atoms with Gasteiger partial charge in [-0.05, 0) is 67.8 Å². The Bertz CT molecular complexity index is 1120. The summed E-state index contributed by atoms with van der Waals surface area (Å²) in [5, 5.41) is 3.39. The van der Waals surface area contributed by atoms with Crippen LogP contribution in [0, 0.1) is 0 Å². The molecule has 0 amide bonds. The molecule has 0 fully saturated rings. The highest BCUT2D eigenvalue weighted by Gasteiger charge is 2.41. The molecule has 0 bridgehead atoms. The normalized spacial score (nSPS) is 20.3. The second-order valence-corrected chi connectivity index (χ2v) is 9.16. The molecule has 2 unspecified atom stereocenters. The van der Waals surface area contributed by atoms with Gasteiger partial charge < -0.3 is 14.8 Å². The average molecular weight is 464 g/mol. The number of esters is 1. The second-order valence-electron chi connectivity index (χ2n) is 8.28. The Kier molecular flexibility index (Phi) is 6.94. The monoisotopic (exact) mass is 463 g/mol. The van der Waals surface area contributed by atoms with Crippen molar-refractivity contribution in [1.29, 1.82) is 0 Å². The van der Waals surface area contributed by atoms with Gasteiger partial charge in [-0.1, -0.05) is 24.3 Å². The van der Waals surface area contributed by atoms with Crippen molar-refractivity contribution in [2.24, 2.45) is 0 Å². The number of benzene rings is 2. The molecule has 33 heavy (non-hydrogen) atoms. The van der Waals surface area contributed by atoms with Crippen molar-refractivity contribution in [3.05, 3.63) is 82.2 Å². The number of ketones is 1. The number of nitrogens with one attached hydrogen (secondary N) is 1. The van der Waals surface area contributed by atoms with E-state index in [1.54, 1.807) is 25.8 Å². The molecule has 0 saturated carbocycles. The number of thioether (sulfide) groups is 1. The Morgan fingerprint density at radius 2 is 1.73 bits per heavy atom. The van der Waals surface area contributed by atoms with E-state index in [1.165, 1.54) is 0 Å². The Labute approximate surface area is 199 Å². The van der Waals surface area contributed by atoms with Crippen LogP contribution < -0.4 is 10.1 Å². The maximum absolute atomic E-state index is 13.6. The number of hydrogen-bond acceptors (Lipinski definition) is 6. The predicted octanol–water partition coefficient (Wildman–Crippen LogP) is 5.34. The molecule has 2 atom stereocenters. The number of methoxy groups -OCH3 is 1. The van der Waals surface area contributed by atoms with Crippen molar-refractivity contribution in [1.82, 2.24) is 5.32 Å². The number of Topliss-reactive ketones (excluding diaryl/α,β-unsaturated/α-hetero) is 1. The summed E-state index contributed by atoms with van der Waals surface area (Å²) >= 11 is 1.66. The highest BCUT2D eigenvalue weighted by molar-refractivity contribution is 7.98. The fourth-order valence-corrected chi connectivity index (χ4v) is 5.17. The second kappa shape index (κ2) is 9.87. The van der Waals surface area contributed by atoms with Crippen molar-refractivity contribution < 1.29 is 19.1 Å². The van der Waals surface area contributed by atoms with Gasteiger partial charge in [-0.3, -0.25) is 4.79 Å². The van der Waals surface area contributed by atoms with Crippen LogP contribution in [0.5, 0.6) is 5.75 Å². The fraction of sp³-hybridized carbons (Fsp3) is 0.333. The molecule has 0 spiro atoms. The van der Waals surface area contributed by atoms with Crippen molar-refractivity contribution in [2.75, 3.05) is 20.0 Å². The van der Waals surface area contributed by atoms with Gasteiger partial charge in [0.25, 0.3) is 0 Å². The smallest absolute Gasteiger partial charge is 0.336 e. The van der Waals surface area contributed by atoms with Gasteiger partial charge in [-0.2, -0.15) is 0 Å². The van der Waals surface area contributed by atoms with Crippen LogP contribution in [-0.2, 0) is 14.3 Å². The highest BCUT2D eigenvalue weighted by atomic mass is 32.2. The lowest BCUT2D eigenvalue weighted by molar-refractivity contribution is -0.138. The number of allylic oxidation sites excluding steroid dienone is 3. The van der Waals surface area contributed by atoms with E-state index >= 15 is 0 Å². The predicted molar refractivity (Wildman–Crippen MR) is 130 cm³/mol. The molecule has 2 aromatic rings. The van der Waals surface area contributed by atoms with Gasteiger partial charge >= 0.3 is 5.97 Å². The van der Waals surface area contributed by atoms with Gasteiger partial charge in [-0.25, -0.2) is 4.79 Å². The Morgan fingerprint density at radius 1 is 1.06 bits per heavy atom. The Balaban J connectivity index is 1.75. The van der Waals surface area contributed by atoms with E-state index in [2.05, 4.69) is 5.32 Å². The molecular weight excluding hydrogens is 434 g/mol. The maximum Gasteiger partial charge on any atom is 0.336 e. The summed E-state index contributed by atoms with van der Waals surface area (Å²) in [5.74, 6) is 0.130. The van der Waals surface area contributed by atoms with Crippen LogP contribution in [0.15, 0.2) is 76.0 Å². The van der Waals surface area contributed by atoms with Crippen LogP contribution in [0.1, 0.15) is 49.7 Å². The zero-order valence-electron chi connectivity index (χ0n) is 19.4. The number of carbonyl (C=O) groups excluding carboxylic acids is 2. The maximum atomic E-state index is 13.6. The van der Waals surface area contributed by atoms with Crippen LogP contribution in [0.25, 0.3) is 0 Å². The minimum atomic E-state index is -0.430. The first-order valence-corrected chi connectivity index (χ1v) is 12.4. The molecular formula is C27H29NO4S. The van der Waals surface area contributed by atoms with Gasteiger partial charge in [0.15, 0.2) is 5.78 Å². The van der Waals surface area contributed by atoms with Gasteiger partial charge in [0.05, 0.1) is 19.3 Å². The van der Waals surface area contributed by atoms with E-state index in [4.69, 9.17) is 9.47 Å². The molecule has 6 heteroatoms. The van der Waals surface area contributed by atoms with Crippen LogP contribution in [0.4, 0.5) is 0 Å². The number of ether oxygens (including phenoxy) is 2. The van der Waals surface area contributed by atoms with Crippen molar-refractivity contribution in [2.45, 2.75) is 43.4 Å². The first-order chi connectivity index (χ1) is 16.0. The topological polar surface area (TPSA) is 64.6 Å². The molecule has 2 aromatic carbocycles. The van der Waals surface area contributed by atoms with Crippen LogP contribution in [-0.4, -0.2) is 31.7 Å². The Morgan fingerprint density at radius 3 is 2.33 bits per heavy atom. The molecule has 1 aliphatic carbocycles. The van der Waals surface area contributed by atoms with E-state index in [0.717, 1.165) is 33.2 Å². The summed E-state index contributed by atoms with van der Waals surface area (Å²) in [6.45, 7) is 3.97. The SMILES string of the molecule is CCOC(=O)C1=C(C)NC2=C(C(=O)CC(c3ccc(OC)cc3)C2)C1c1ccc(SC)cc1. The van der Waals surface area contributed by atoms with E-state index in [1.807, 2.05) is 61.7 Å². The van der Waals surface area contributed by atoms with Crippen molar-refractivity contribution in [3.63, 3.8) is 0 Å². The fourth-order valence-electron chi connectivity index (χ4n) is 4.76. The van der Waals surface area contributed by atoms with Crippen LogP contribution in [0.3, 0.4) is 0 Å². The third-order valence-electron chi connectivity index (χ3n) is 6.36. The van der Waals surface area contributed by atoms with E-state index < -0.39 is 5.92 Å². The van der Waals surface area contributed by atoms with E-state index in [9.17, 15) is 9.59 Å². The van der Waals surface area contributed by atoms with Gasteiger partial charge in [0.1, 0.15) is 5.75 Å². The molecule has 172 valence electrons. The van der Waals surface area contributed by atoms with Crippen LogP contribution >= 0.6 is 11.8 Å². The summed E-state index contributed by atoms with van der Waals surface area (Å²) in [7, 11) is 1.64.